The largest absolute Gasteiger partial charge is 0.372 e. The molecule has 1 aromatic heterocycles. The molecule has 0 N–H and O–H groups in total. The molecule has 3 rings (SSSR count). The standard InChI is InChI=1S/C16H25N5O2/c1-13-10-21(11-14(2)23-13)15(22)12-19-6-8-20(9-7-19)16-17-4-3-5-18-16/h3-5,13-14H,6-12H2,1-2H3/t13-,14+. The molecule has 0 saturated carbocycles. The van der Waals surface area contributed by atoms with Gasteiger partial charge >= 0.3 is 0 Å². The zero-order chi connectivity index (χ0) is 16.2. The van der Waals surface area contributed by atoms with Gasteiger partial charge in [-0.3, -0.25) is 9.69 Å². The number of morpholine rings is 1. The molecule has 2 atom stereocenters. The van der Waals surface area contributed by atoms with Crippen LogP contribution in [-0.4, -0.2) is 83.7 Å². The topological polar surface area (TPSA) is 61.8 Å². The van der Waals surface area contributed by atoms with Gasteiger partial charge < -0.3 is 14.5 Å². The summed E-state index contributed by atoms with van der Waals surface area (Å²) in [6, 6.07) is 1.82. The average Bonchev–Trinajstić information content (AvgIpc) is 2.55. The van der Waals surface area contributed by atoms with E-state index in [4.69, 9.17) is 4.74 Å². The fraction of sp³-hybridized carbons (Fsp3) is 0.688. The summed E-state index contributed by atoms with van der Waals surface area (Å²) in [5.74, 6) is 0.978. The molecular formula is C16H25N5O2. The van der Waals surface area contributed by atoms with Crippen LogP contribution in [0.2, 0.25) is 0 Å². The summed E-state index contributed by atoms with van der Waals surface area (Å²) in [5.41, 5.74) is 0. The normalized spacial score (nSPS) is 26.3. The summed E-state index contributed by atoms with van der Waals surface area (Å²) >= 11 is 0. The van der Waals surface area contributed by atoms with E-state index >= 15 is 0 Å². The summed E-state index contributed by atoms with van der Waals surface area (Å²) < 4.78 is 5.69. The third-order valence-corrected chi connectivity index (χ3v) is 4.34. The summed E-state index contributed by atoms with van der Waals surface area (Å²) in [6.07, 6.45) is 3.77. The van der Waals surface area contributed by atoms with E-state index in [1.165, 1.54) is 0 Å². The Kier molecular flexibility index (Phi) is 5.07. The van der Waals surface area contributed by atoms with Crippen LogP contribution in [0.4, 0.5) is 5.95 Å². The van der Waals surface area contributed by atoms with E-state index in [2.05, 4.69) is 19.8 Å². The molecule has 126 valence electrons. The second-order valence-electron chi connectivity index (χ2n) is 6.37. The first-order valence-electron chi connectivity index (χ1n) is 8.29. The van der Waals surface area contributed by atoms with Crippen molar-refractivity contribution in [3.05, 3.63) is 18.5 Å². The van der Waals surface area contributed by atoms with Crippen molar-refractivity contribution in [2.45, 2.75) is 26.1 Å². The number of rotatable bonds is 3. The first kappa shape index (κ1) is 16.1. The van der Waals surface area contributed by atoms with E-state index < -0.39 is 0 Å². The molecule has 2 saturated heterocycles. The van der Waals surface area contributed by atoms with Crippen molar-refractivity contribution in [3.63, 3.8) is 0 Å². The van der Waals surface area contributed by atoms with Crippen molar-refractivity contribution in [2.24, 2.45) is 0 Å². The van der Waals surface area contributed by atoms with Gasteiger partial charge in [0, 0.05) is 51.7 Å². The Balaban J connectivity index is 1.48. The maximum Gasteiger partial charge on any atom is 0.236 e. The van der Waals surface area contributed by atoms with Crippen molar-refractivity contribution in [2.75, 3.05) is 50.7 Å². The van der Waals surface area contributed by atoms with E-state index in [9.17, 15) is 4.79 Å². The molecule has 0 bridgehead atoms. The van der Waals surface area contributed by atoms with Gasteiger partial charge in [0.25, 0.3) is 0 Å². The molecule has 2 aliphatic rings. The van der Waals surface area contributed by atoms with Gasteiger partial charge in [0.1, 0.15) is 0 Å². The van der Waals surface area contributed by atoms with E-state index in [1.807, 2.05) is 24.8 Å². The highest BCUT2D eigenvalue weighted by molar-refractivity contribution is 5.78. The highest BCUT2D eigenvalue weighted by Gasteiger charge is 2.28. The van der Waals surface area contributed by atoms with Crippen LogP contribution in [0.25, 0.3) is 0 Å². The number of ether oxygens (including phenoxy) is 1. The van der Waals surface area contributed by atoms with Crippen LogP contribution in [0.5, 0.6) is 0 Å². The van der Waals surface area contributed by atoms with E-state index in [0.29, 0.717) is 19.6 Å². The Morgan fingerprint density at radius 3 is 2.35 bits per heavy atom. The first-order chi connectivity index (χ1) is 11.1. The third-order valence-electron chi connectivity index (χ3n) is 4.34. The van der Waals surface area contributed by atoms with Gasteiger partial charge in [0.2, 0.25) is 11.9 Å². The summed E-state index contributed by atoms with van der Waals surface area (Å²) in [5, 5.41) is 0. The van der Waals surface area contributed by atoms with Gasteiger partial charge in [-0.2, -0.15) is 0 Å². The van der Waals surface area contributed by atoms with Gasteiger partial charge in [-0.1, -0.05) is 0 Å². The quantitative estimate of drug-likeness (QED) is 0.795. The Morgan fingerprint density at radius 2 is 1.74 bits per heavy atom. The van der Waals surface area contributed by atoms with Gasteiger partial charge in [0.15, 0.2) is 0 Å². The molecule has 0 unspecified atom stereocenters. The van der Waals surface area contributed by atoms with Gasteiger partial charge in [-0.05, 0) is 19.9 Å². The lowest BCUT2D eigenvalue weighted by Gasteiger charge is -2.38. The molecule has 0 aromatic carbocycles. The van der Waals surface area contributed by atoms with Gasteiger partial charge in [-0.15, -0.1) is 0 Å². The fourth-order valence-corrected chi connectivity index (χ4v) is 3.23. The summed E-state index contributed by atoms with van der Waals surface area (Å²) in [6.45, 7) is 9.35. The number of hydrogen-bond donors (Lipinski definition) is 0. The van der Waals surface area contributed by atoms with Crippen LogP contribution in [0, 0.1) is 0 Å². The minimum absolute atomic E-state index is 0.120. The number of aromatic nitrogens is 2. The maximum absolute atomic E-state index is 12.5. The van der Waals surface area contributed by atoms with E-state index in [0.717, 1.165) is 32.1 Å². The first-order valence-corrected chi connectivity index (χ1v) is 8.29. The molecule has 23 heavy (non-hydrogen) atoms. The number of carbonyl (C=O) groups excluding carboxylic acids is 1. The van der Waals surface area contributed by atoms with Crippen molar-refractivity contribution >= 4 is 11.9 Å². The molecule has 2 fully saturated rings. The number of carbonyl (C=O) groups is 1. The van der Waals surface area contributed by atoms with E-state index in [-0.39, 0.29) is 18.1 Å². The van der Waals surface area contributed by atoms with Gasteiger partial charge in [0.05, 0.1) is 18.8 Å². The van der Waals surface area contributed by atoms with Crippen LogP contribution < -0.4 is 4.90 Å². The number of hydrogen-bond acceptors (Lipinski definition) is 6. The average molecular weight is 319 g/mol. The van der Waals surface area contributed by atoms with Crippen molar-refractivity contribution < 1.29 is 9.53 Å². The fourth-order valence-electron chi connectivity index (χ4n) is 3.23. The third kappa shape index (κ3) is 4.17. The zero-order valence-electron chi connectivity index (χ0n) is 13.9. The molecule has 7 heteroatoms. The predicted octanol–water partition coefficient (Wildman–Crippen LogP) is 0.234. The SMILES string of the molecule is C[C@@H]1CN(C(=O)CN2CCN(c3ncccn3)CC2)C[C@H](C)O1. The lowest BCUT2D eigenvalue weighted by atomic mass is 10.2. The molecule has 3 heterocycles. The summed E-state index contributed by atoms with van der Waals surface area (Å²) in [4.78, 5) is 27.4. The second-order valence-corrected chi connectivity index (χ2v) is 6.37. The predicted molar refractivity (Wildman–Crippen MR) is 87.3 cm³/mol. The Labute approximate surface area is 137 Å². The summed E-state index contributed by atoms with van der Waals surface area (Å²) in [7, 11) is 0. The van der Waals surface area contributed by atoms with Crippen molar-refractivity contribution in [1.29, 1.82) is 0 Å². The van der Waals surface area contributed by atoms with Crippen LogP contribution in [0.1, 0.15) is 13.8 Å². The minimum atomic E-state index is 0.120. The van der Waals surface area contributed by atoms with Crippen molar-refractivity contribution in [3.8, 4) is 0 Å². The zero-order valence-corrected chi connectivity index (χ0v) is 13.9. The Bertz CT molecular complexity index is 508. The second kappa shape index (κ2) is 7.23. The number of piperazine rings is 1. The molecule has 7 nitrogen and oxygen atoms in total. The van der Waals surface area contributed by atoms with Gasteiger partial charge in [-0.25, -0.2) is 9.97 Å². The lowest BCUT2D eigenvalue weighted by Crippen LogP contribution is -2.54. The Hall–Kier alpha value is -1.73. The van der Waals surface area contributed by atoms with Crippen LogP contribution >= 0.6 is 0 Å². The number of nitrogens with zero attached hydrogens (tertiary/aromatic N) is 5. The number of anilines is 1. The molecule has 0 spiro atoms. The highest BCUT2D eigenvalue weighted by Crippen LogP contribution is 2.13. The van der Waals surface area contributed by atoms with E-state index in [1.54, 1.807) is 12.4 Å². The minimum Gasteiger partial charge on any atom is -0.372 e. The molecular weight excluding hydrogens is 294 g/mol. The smallest absolute Gasteiger partial charge is 0.236 e. The molecule has 1 amide bonds. The van der Waals surface area contributed by atoms with Crippen LogP contribution in [0.15, 0.2) is 18.5 Å². The maximum atomic E-state index is 12.5. The lowest BCUT2D eigenvalue weighted by molar-refractivity contribution is -0.144. The van der Waals surface area contributed by atoms with Crippen LogP contribution in [0.3, 0.4) is 0 Å². The van der Waals surface area contributed by atoms with Crippen LogP contribution in [-0.2, 0) is 9.53 Å². The highest BCUT2D eigenvalue weighted by atomic mass is 16.5. The molecule has 1 aromatic rings. The molecule has 0 aliphatic carbocycles. The number of amides is 1. The molecule has 0 radical (unpaired) electrons. The Morgan fingerprint density at radius 1 is 1.13 bits per heavy atom. The molecule has 2 aliphatic heterocycles. The van der Waals surface area contributed by atoms with Crippen molar-refractivity contribution in [1.82, 2.24) is 19.8 Å². The monoisotopic (exact) mass is 319 g/mol.